The van der Waals surface area contributed by atoms with Gasteiger partial charge in [-0.3, -0.25) is 0 Å². The predicted octanol–water partition coefficient (Wildman–Crippen LogP) is 25.4. The Hall–Kier alpha value is -13.4. The van der Waals surface area contributed by atoms with E-state index in [1.54, 1.807) is 0 Å². The van der Waals surface area contributed by atoms with Crippen molar-refractivity contribution < 1.29 is 0 Å². The van der Waals surface area contributed by atoms with E-state index in [0.717, 1.165) is 106 Å². The van der Waals surface area contributed by atoms with Gasteiger partial charge < -0.3 is 14.4 Å². The molecule has 0 bridgehead atoms. The third-order valence-corrected chi connectivity index (χ3v) is 23.2. The summed E-state index contributed by atoms with van der Waals surface area (Å²) >= 11 is 0. The molecule has 5 heterocycles. The highest BCUT2D eigenvalue weighted by atomic mass is 15.2. The van der Waals surface area contributed by atoms with Crippen LogP contribution in [0, 0.1) is 0 Å². The third kappa shape index (κ3) is 13.3. The number of fused-ring (bicyclic) bond motifs is 7. The SMILES string of the molecule is CC(C)(C)c1cc(N2c3ccc(-c4ccccc4)cc3B3c4cc(-c5ccccc5)ccc4N(c4cc(C(C)(C)C)cc(C(C)(C)C)c4)c4cc(-c5ccc6c(c5)c5ccccc5n6-c5ccc(-c6nc(-c7ccccc7)nc(-c7ccccc7)n6)cc5-c5nc(-c6ccccc6)nc(-c6ccccc6)n5)cc2c43)cc(C(C)(C)C)c1. The fourth-order valence-corrected chi connectivity index (χ4v) is 16.9. The first-order chi connectivity index (χ1) is 56.0. The molecular formula is C106H90BN9. The first kappa shape index (κ1) is 72.8. The Morgan fingerprint density at radius 1 is 0.224 bits per heavy atom. The van der Waals surface area contributed by atoms with E-state index in [9.17, 15) is 0 Å². The van der Waals surface area contributed by atoms with Crippen LogP contribution in [0.4, 0.5) is 34.1 Å². The molecule has 0 N–H and O–H groups in total. The molecule has 0 radical (unpaired) electrons. The summed E-state index contributed by atoms with van der Waals surface area (Å²) in [4.78, 5) is 37.2. The van der Waals surface area contributed by atoms with Crippen LogP contribution >= 0.6 is 0 Å². The number of rotatable bonds is 12. The molecule has 0 saturated carbocycles. The average Bonchev–Trinajstić information content (AvgIpc) is 0.800. The molecule has 0 aliphatic carbocycles. The van der Waals surface area contributed by atoms with Gasteiger partial charge in [0.1, 0.15) is 0 Å². The minimum atomic E-state index is -0.195. The van der Waals surface area contributed by atoms with Crippen molar-refractivity contribution >= 4 is 79.0 Å². The quantitative estimate of drug-likeness (QED) is 0.112. The van der Waals surface area contributed by atoms with Crippen molar-refractivity contribution in [3.8, 4) is 107 Å². The van der Waals surface area contributed by atoms with Gasteiger partial charge in [-0.25, -0.2) is 29.9 Å². The first-order valence-corrected chi connectivity index (χ1v) is 40.4. The monoisotopic (exact) mass is 1500 g/mol. The van der Waals surface area contributed by atoms with Crippen molar-refractivity contribution in [1.29, 1.82) is 0 Å². The molecule has 0 unspecified atom stereocenters. The number of hydrogen-bond acceptors (Lipinski definition) is 8. The van der Waals surface area contributed by atoms with Gasteiger partial charge in [-0.05, 0) is 179 Å². The van der Waals surface area contributed by atoms with E-state index in [0.29, 0.717) is 34.9 Å². The van der Waals surface area contributed by atoms with Crippen molar-refractivity contribution in [2.45, 2.75) is 105 Å². The predicted molar refractivity (Wildman–Crippen MR) is 485 cm³/mol. The highest BCUT2D eigenvalue weighted by molar-refractivity contribution is 7.00. The van der Waals surface area contributed by atoms with Crippen LogP contribution in [0.2, 0.25) is 0 Å². The zero-order valence-electron chi connectivity index (χ0n) is 67.8. The van der Waals surface area contributed by atoms with Gasteiger partial charge in [0.2, 0.25) is 0 Å². The summed E-state index contributed by atoms with van der Waals surface area (Å²) in [7, 11) is 0. The number of benzene rings is 14. The lowest BCUT2D eigenvalue weighted by Gasteiger charge is -2.45. The topological polar surface area (TPSA) is 88.8 Å². The number of anilines is 6. The molecule has 10 heteroatoms. The summed E-state index contributed by atoms with van der Waals surface area (Å²) in [5, 5.41) is 2.19. The van der Waals surface area contributed by atoms with E-state index in [1.807, 2.05) is 97.1 Å². The molecule has 0 amide bonds. The fourth-order valence-electron chi connectivity index (χ4n) is 16.9. The number of hydrogen-bond donors (Lipinski definition) is 0. The summed E-state index contributed by atoms with van der Waals surface area (Å²) in [5.74, 6) is 3.25. The van der Waals surface area contributed by atoms with Crippen molar-refractivity contribution in [2.24, 2.45) is 0 Å². The number of para-hydroxylation sites is 1. The maximum atomic E-state index is 5.50. The lowest BCUT2D eigenvalue weighted by atomic mass is 9.33. The van der Waals surface area contributed by atoms with Gasteiger partial charge in [-0.1, -0.05) is 326 Å². The Morgan fingerprint density at radius 3 is 0.940 bits per heavy atom. The lowest BCUT2D eigenvalue weighted by Crippen LogP contribution is -2.61. The van der Waals surface area contributed by atoms with E-state index in [2.05, 4.69) is 328 Å². The molecule has 0 fully saturated rings. The van der Waals surface area contributed by atoms with Crippen molar-refractivity contribution in [3.63, 3.8) is 0 Å². The summed E-state index contributed by atoms with van der Waals surface area (Å²) in [6.07, 6.45) is 0. The van der Waals surface area contributed by atoms with Crippen LogP contribution in [0.15, 0.2) is 328 Å². The Kier molecular flexibility index (Phi) is 17.7. The average molecular weight is 1500 g/mol. The van der Waals surface area contributed by atoms with Gasteiger partial charge in [-0.15, -0.1) is 0 Å². The molecule has 14 aromatic carbocycles. The molecule has 0 atom stereocenters. The van der Waals surface area contributed by atoms with Crippen molar-refractivity contribution in [2.75, 3.05) is 9.80 Å². The van der Waals surface area contributed by atoms with E-state index < -0.39 is 0 Å². The van der Waals surface area contributed by atoms with Gasteiger partial charge in [-0.2, -0.15) is 0 Å². The summed E-state index contributed by atoms with van der Waals surface area (Å²) in [5.41, 5.74) is 29.9. The van der Waals surface area contributed by atoms with E-state index in [-0.39, 0.29) is 28.4 Å². The zero-order chi connectivity index (χ0) is 79.5. The molecule has 3 aromatic heterocycles. The Balaban J connectivity index is 0.889. The molecule has 17 aromatic rings. The van der Waals surface area contributed by atoms with Crippen LogP contribution in [0.25, 0.3) is 129 Å². The molecule has 2 aliphatic rings. The highest BCUT2D eigenvalue weighted by Gasteiger charge is 2.45. The van der Waals surface area contributed by atoms with Crippen LogP contribution in [0.5, 0.6) is 0 Å². The molecular weight excluding hydrogens is 1410 g/mol. The second kappa shape index (κ2) is 28.3. The van der Waals surface area contributed by atoms with Gasteiger partial charge in [0.15, 0.2) is 34.9 Å². The standard InChI is InChI=1S/C106H90BN9/c1-103(2,3)78-61-79(104(4,5)6)64-82(63-78)114-92-53-48-74(67-33-19-13-20-34-67)57-87(92)107-88-58-75(68-35-21-14-22-36-68)49-54-93(88)115(83-65-80(105(7,8)9)62-81(66-83)106(10,11)12)95-60-77(59-94(114)96(95)107)73-47-51-90-85(55-73)84-45-31-32-46-89(84)116(90)91-52-50-76(101-110-97(69-37-23-15-24-38-69)108-98(111-101)70-39-25-16-26-40-70)56-86(91)102-112-99(71-41-27-17-28-42-71)109-100(113-102)72-43-29-18-30-44-72/h13-66H,1-12H3. The molecule has 9 nitrogen and oxygen atoms in total. The Labute approximate surface area is 681 Å². The maximum absolute atomic E-state index is 5.50. The van der Waals surface area contributed by atoms with Crippen LogP contribution in [0.3, 0.4) is 0 Å². The van der Waals surface area contributed by atoms with Crippen LogP contribution in [-0.4, -0.2) is 41.2 Å². The lowest BCUT2D eigenvalue weighted by molar-refractivity contribution is 0.568. The molecule has 0 saturated heterocycles. The first-order valence-electron chi connectivity index (χ1n) is 40.4. The minimum absolute atomic E-state index is 0.172. The van der Waals surface area contributed by atoms with Crippen LogP contribution in [0.1, 0.15) is 105 Å². The van der Waals surface area contributed by atoms with Gasteiger partial charge in [0.05, 0.1) is 16.7 Å². The fraction of sp³-hybridized carbons (Fsp3) is 0.151. The van der Waals surface area contributed by atoms with E-state index in [1.165, 1.54) is 60.9 Å². The molecule has 116 heavy (non-hydrogen) atoms. The number of nitrogens with zero attached hydrogens (tertiary/aromatic N) is 9. The minimum Gasteiger partial charge on any atom is -0.311 e. The Bertz CT molecular complexity index is 6300. The van der Waals surface area contributed by atoms with E-state index >= 15 is 0 Å². The van der Waals surface area contributed by atoms with Gasteiger partial charge in [0, 0.05) is 78.3 Å². The van der Waals surface area contributed by atoms with Crippen molar-refractivity contribution in [3.05, 3.63) is 350 Å². The Morgan fingerprint density at radius 2 is 0.543 bits per heavy atom. The largest absolute Gasteiger partial charge is 0.311 e. The molecule has 2 aliphatic heterocycles. The van der Waals surface area contributed by atoms with Crippen molar-refractivity contribution in [1.82, 2.24) is 34.5 Å². The number of aromatic nitrogens is 7. The van der Waals surface area contributed by atoms with E-state index in [4.69, 9.17) is 29.9 Å². The van der Waals surface area contributed by atoms with Crippen LogP contribution < -0.4 is 26.2 Å². The second-order valence-corrected chi connectivity index (χ2v) is 35.2. The molecule has 562 valence electrons. The second-order valence-electron chi connectivity index (χ2n) is 35.2. The van der Waals surface area contributed by atoms with Gasteiger partial charge >= 0.3 is 0 Å². The summed E-state index contributed by atoms with van der Waals surface area (Å²) < 4.78 is 2.40. The smallest absolute Gasteiger partial charge is 0.252 e. The summed E-state index contributed by atoms with van der Waals surface area (Å²) in [6, 6.07) is 119. The maximum Gasteiger partial charge on any atom is 0.252 e. The zero-order valence-corrected chi connectivity index (χ0v) is 67.8. The normalized spacial score (nSPS) is 12.8. The van der Waals surface area contributed by atoms with Gasteiger partial charge in [0.25, 0.3) is 6.71 Å². The van der Waals surface area contributed by atoms with Crippen LogP contribution in [-0.2, 0) is 21.7 Å². The third-order valence-electron chi connectivity index (χ3n) is 23.2. The summed E-state index contributed by atoms with van der Waals surface area (Å²) in [6.45, 7) is 28.0. The molecule has 19 rings (SSSR count). The highest BCUT2D eigenvalue weighted by Crippen LogP contribution is 2.51. The molecule has 0 spiro atoms.